The maximum Gasteiger partial charge on any atom is 0.317 e. The second-order valence-corrected chi connectivity index (χ2v) is 8.05. The van der Waals surface area contributed by atoms with Gasteiger partial charge in [-0.3, -0.25) is 24.7 Å². The number of piperidine rings is 1. The van der Waals surface area contributed by atoms with Crippen LogP contribution in [0.15, 0.2) is 36.4 Å². The molecule has 0 atom stereocenters. The van der Waals surface area contributed by atoms with E-state index in [2.05, 4.69) is 17.0 Å². The summed E-state index contributed by atoms with van der Waals surface area (Å²) in [5, 5.41) is 19.7. The Hall–Kier alpha value is -2.29. The number of nitro groups is 1. The van der Waals surface area contributed by atoms with Gasteiger partial charge in [-0.05, 0) is 49.7 Å². The van der Waals surface area contributed by atoms with Crippen LogP contribution in [0.4, 0.5) is 5.69 Å². The minimum atomic E-state index is -0.780. The first-order valence-electron chi connectivity index (χ1n) is 8.90. The van der Waals surface area contributed by atoms with Crippen molar-refractivity contribution >= 4 is 23.0 Å². The molecule has 1 aromatic carbocycles. The molecular weight excluding hydrogens is 366 g/mol. The van der Waals surface area contributed by atoms with Crippen molar-refractivity contribution in [3.63, 3.8) is 0 Å². The first-order chi connectivity index (χ1) is 12.9. The highest BCUT2D eigenvalue weighted by atomic mass is 32.1. The molecule has 1 aliphatic rings. The van der Waals surface area contributed by atoms with Gasteiger partial charge >= 0.3 is 5.97 Å². The lowest BCUT2D eigenvalue weighted by molar-refractivity contribution is -0.384. The molecule has 0 bridgehead atoms. The fourth-order valence-corrected chi connectivity index (χ4v) is 4.50. The van der Waals surface area contributed by atoms with Crippen LogP contribution in [0.25, 0.3) is 10.4 Å². The predicted molar refractivity (Wildman–Crippen MR) is 105 cm³/mol. The number of benzene rings is 1. The molecule has 1 aromatic heterocycles. The van der Waals surface area contributed by atoms with Crippen LogP contribution in [0.3, 0.4) is 0 Å². The molecule has 8 heteroatoms. The van der Waals surface area contributed by atoms with Crippen LogP contribution < -0.4 is 0 Å². The van der Waals surface area contributed by atoms with Gasteiger partial charge in [-0.2, -0.15) is 0 Å². The van der Waals surface area contributed by atoms with Crippen molar-refractivity contribution in [2.24, 2.45) is 0 Å². The number of likely N-dealkylation sites (tertiary alicyclic amines) is 1. The highest BCUT2D eigenvalue weighted by Crippen LogP contribution is 2.30. The number of non-ortho nitro benzene ring substituents is 1. The molecule has 1 fully saturated rings. The minimum absolute atomic E-state index is 0.0915. The largest absolute Gasteiger partial charge is 0.480 e. The standard InChI is InChI=1S/C19H23N3O4S/c1-20(13-19(23)24)15-8-10-21(11-9-15)12-17-6-7-18(27-17)14-2-4-16(5-3-14)22(25)26/h2-7,15H,8-13H2,1H3,(H,23,24). The smallest absolute Gasteiger partial charge is 0.317 e. The van der Waals surface area contributed by atoms with Gasteiger partial charge in [-0.1, -0.05) is 0 Å². The Kier molecular flexibility index (Phi) is 6.20. The van der Waals surface area contributed by atoms with E-state index in [1.807, 2.05) is 11.9 Å². The third-order valence-electron chi connectivity index (χ3n) is 4.97. The summed E-state index contributed by atoms with van der Waals surface area (Å²) >= 11 is 1.71. The van der Waals surface area contributed by atoms with Crippen LogP contribution >= 0.6 is 11.3 Å². The van der Waals surface area contributed by atoms with E-state index < -0.39 is 5.97 Å². The molecule has 3 rings (SSSR count). The molecule has 0 radical (unpaired) electrons. The summed E-state index contributed by atoms with van der Waals surface area (Å²) in [6, 6.07) is 11.2. The van der Waals surface area contributed by atoms with Gasteiger partial charge in [-0.15, -0.1) is 11.3 Å². The van der Waals surface area contributed by atoms with Crippen LogP contribution in [0.5, 0.6) is 0 Å². The van der Waals surface area contributed by atoms with Gasteiger partial charge in [0.2, 0.25) is 0 Å². The Morgan fingerprint density at radius 1 is 1.26 bits per heavy atom. The van der Waals surface area contributed by atoms with Gasteiger partial charge in [0.1, 0.15) is 0 Å². The van der Waals surface area contributed by atoms with Gasteiger partial charge in [0.05, 0.1) is 11.5 Å². The quantitative estimate of drug-likeness (QED) is 0.577. The number of carbonyl (C=O) groups is 1. The Labute approximate surface area is 162 Å². The summed E-state index contributed by atoms with van der Waals surface area (Å²) in [6.45, 7) is 2.89. The lowest BCUT2D eigenvalue weighted by atomic mass is 10.0. The second-order valence-electron chi connectivity index (χ2n) is 6.89. The Balaban J connectivity index is 1.54. The van der Waals surface area contributed by atoms with Gasteiger partial charge in [0.15, 0.2) is 0 Å². The number of carboxylic acids is 1. The number of nitro benzene ring substituents is 1. The van der Waals surface area contributed by atoms with E-state index in [-0.39, 0.29) is 17.2 Å². The Bertz CT molecular complexity index is 798. The number of aliphatic carboxylic acids is 1. The van der Waals surface area contributed by atoms with E-state index in [4.69, 9.17) is 5.11 Å². The van der Waals surface area contributed by atoms with E-state index in [1.165, 1.54) is 17.0 Å². The fourth-order valence-electron chi connectivity index (χ4n) is 3.45. The number of rotatable bonds is 7. The summed E-state index contributed by atoms with van der Waals surface area (Å²) in [5.41, 5.74) is 1.09. The summed E-state index contributed by atoms with van der Waals surface area (Å²) in [5.74, 6) is -0.780. The zero-order chi connectivity index (χ0) is 19.4. The number of carboxylic acid groups (broad SMARTS) is 1. The van der Waals surface area contributed by atoms with Gasteiger partial charge in [0.25, 0.3) is 5.69 Å². The molecule has 1 N–H and O–H groups in total. The molecule has 1 saturated heterocycles. The van der Waals surface area contributed by atoms with Crippen molar-refractivity contribution in [3.8, 4) is 10.4 Å². The molecule has 2 aromatic rings. The van der Waals surface area contributed by atoms with E-state index in [1.54, 1.807) is 23.5 Å². The molecule has 2 heterocycles. The SMILES string of the molecule is CN(CC(=O)O)C1CCN(Cc2ccc(-c3ccc([N+](=O)[O-])cc3)s2)CC1. The number of nitrogens with zero attached hydrogens (tertiary/aromatic N) is 3. The summed E-state index contributed by atoms with van der Waals surface area (Å²) in [7, 11) is 1.88. The third-order valence-corrected chi connectivity index (χ3v) is 6.09. The Morgan fingerprint density at radius 3 is 2.52 bits per heavy atom. The average Bonchev–Trinajstić information content (AvgIpc) is 3.10. The fraction of sp³-hybridized carbons (Fsp3) is 0.421. The number of hydrogen-bond acceptors (Lipinski definition) is 6. The molecule has 0 amide bonds. The van der Waals surface area contributed by atoms with Crippen LogP contribution in [0.2, 0.25) is 0 Å². The van der Waals surface area contributed by atoms with Crippen molar-refractivity contribution in [1.82, 2.24) is 9.80 Å². The molecular formula is C19H23N3O4S. The van der Waals surface area contributed by atoms with Crippen LogP contribution in [0.1, 0.15) is 17.7 Å². The zero-order valence-electron chi connectivity index (χ0n) is 15.2. The van der Waals surface area contributed by atoms with E-state index in [0.29, 0.717) is 6.04 Å². The third kappa shape index (κ3) is 5.12. The van der Waals surface area contributed by atoms with Crippen molar-refractivity contribution < 1.29 is 14.8 Å². The van der Waals surface area contributed by atoms with Gasteiger partial charge in [0, 0.05) is 47.6 Å². The Morgan fingerprint density at radius 2 is 1.93 bits per heavy atom. The predicted octanol–water partition coefficient (Wildman–Crippen LogP) is 3.30. The minimum Gasteiger partial charge on any atom is -0.480 e. The molecule has 27 heavy (non-hydrogen) atoms. The summed E-state index contributed by atoms with van der Waals surface area (Å²) in [6.07, 6.45) is 1.95. The molecule has 1 aliphatic heterocycles. The topological polar surface area (TPSA) is 86.9 Å². The first-order valence-corrected chi connectivity index (χ1v) is 9.72. The molecule has 7 nitrogen and oxygen atoms in total. The summed E-state index contributed by atoms with van der Waals surface area (Å²) in [4.78, 5) is 27.9. The lowest BCUT2D eigenvalue weighted by Crippen LogP contribution is -2.44. The number of thiophene rings is 1. The maximum atomic E-state index is 10.8. The average molecular weight is 389 g/mol. The molecule has 0 unspecified atom stereocenters. The highest BCUT2D eigenvalue weighted by Gasteiger charge is 2.23. The van der Waals surface area contributed by atoms with Crippen molar-refractivity contribution in [3.05, 3.63) is 51.4 Å². The van der Waals surface area contributed by atoms with Crippen LogP contribution in [-0.2, 0) is 11.3 Å². The summed E-state index contributed by atoms with van der Waals surface area (Å²) < 4.78 is 0. The van der Waals surface area contributed by atoms with Crippen molar-refractivity contribution in [1.29, 1.82) is 0 Å². The lowest BCUT2D eigenvalue weighted by Gasteiger charge is -2.35. The normalized spacial score (nSPS) is 15.9. The van der Waals surface area contributed by atoms with E-state index in [9.17, 15) is 14.9 Å². The first kappa shape index (κ1) is 19.5. The monoisotopic (exact) mass is 389 g/mol. The van der Waals surface area contributed by atoms with Crippen LogP contribution in [0, 0.1) is 10.1 Å². The van der Waals surface area contributed by atoms with Gasteiger partial charge < -0.3 is 5.11 Å². The molecule has 0 saturated carbocycles. The molecule has 144 valence electrons. The maximum absolute atomic E-state index is 10.8. The van der Waals surface area contributed by atoms with E-state index >= 15 is 0 Å². The second kappa shape index (κ2) is 8.60. The van der Waals surface area contributed by atoms with Crippen molar-refractivity contribution in [2.45, 2.75) is 25.4 Å². The number of likely N-dealkylation sites (N-methyl/N-ethyl adjacent to an activating group) is 1. The number of hydrogen-bond donors (Lipinski definition) is 1. The van der Waals surface area contributed by atoms with Crippen LogP contribution in [-0.4, -0.2) is 58.5 Å². The highest BCUT2D eigenvalue weighted by molar-refractivity contribution is 7.15. The molecule has 0 spiro atoms. The van der Waals surface area contributed by atoms with E-state index in [0.717, 1.165) is 42.9 Å². The zero-order valence-corrected chi connectivity index (χ0v) is 16.0. The molecule has 0 aliphatic carbocycles. The van der Waals surface area contributed by atoms with Gasteiger partial charge in [-0.25, -0.2) is 0 Å². The van der Waals surface area contributed by atoms with Crippen molar-refractivity contribution in [2.75, 3.05) is 26.7 Å².